The average molecular weight is 319 g/mol. The summed E-state index contributed by atoms with van der Waals surface area (Å²) in [6.45, 7) is 13.4. The topological polar surface area (TPSA) is 9.23 Å². The van der Waals surface area contributed by atoms with Gasteiger partial charge in [-0.1, -0.05) is 50.5 Å². The molecule has 3 unspecified atom stereocenters. The van der Waals surface area contributed by atoms with Gasteiger partial charge < -0.3 is 4.74 Å². The highest BCUT2D eigenvalue weighted by atomic mass is 79.9. The third-order valence-corrected chi connectivity index (χ3v) is 5.40. The minimum atomic E-state index is 0.462. The lowest BCUT2D eigenvalue weighted by Gasteiger charge is -2.40. The third kappa shape index (κ3) is 5.61. The van der Waals surface area contributed by atoms with E-state index < -0.39 is 0 Å². The van der Waals surface area contributed by atoms with Crippen LogP contribution in [0.4, 0.5) is 0 Å². The van der Waals surface area contributed by atoms with Crippen molar-refractivity contribution in [2.75, 3.05) is 13.2 Å². The molecule has 0 bridgehead atoms. The minimum Gasteiger partial charge on any atom is -0.381 e. The molecule has 0 aromatic heterocycles. The molecule has 3 atom stereocenters. The van der Waals surface area contributed by atoms with E-state index in [4.69, 9.17) is 4.74 Å². The van der Waals surface area contributed by atoms with E-state index in [0.29, 0.717) is 16.2 Å². The molecule has 108 valence electrons. The van der Waals surface area contributed by atoms with Crippen molar-refractivity contribution in [3.05, 3.63) is 0 Å². The second kappa shape index (κ2) is 7.28. The number of halogens is 1. The molecule has 0 aromatic rings. The molecule has 1 nitrogen and oxygen atoms in total. The first-order chi connectivity index (χ1) is 8.30. The van der Waals surface area contributed by atoms with Crippen LogP contribution in [-0.2, 0) is 4.74 Å². The van der Waals surface area contributed by atoms with Gasteiger partial charge in [-0.25, -0.2) is 0 Å². The molecule has 0 N–H and O–H groups in total. The number of ether oxygens (including phenoxy) is 1. The highest BCUT2D eigenvalue weighted by Gasteiger charge is 2.34. The molecule has 1 saturated carbocycles. The SMILES string of the molecule is CC(C)COCCC1CC(C(C)(C)C)CCC1Br. The number of hydrogen-bond donors (Lipinski definition) is 0. The van der Waals surface area contributed by atoms with Crippen molar-refractivity contribution in [2.45, 2.75) is 65.1 Å². The summed E-state index contributed by atoms with van der Waals surface area (Å²) < 4.78 is 5.75. The Bertz CT molecular complexity index is 232. The van der Waals surface area contributed by atoms with E-state index in [1.807, 2.05) is 0 Å². The number of rotatable bonds is 5. The normalized spacial score (nSPS) is 29.8. The van der Waals surface area contributed by atoms with E-state index in [2.05, 4.69) is 50.5 Å². The van der Waals surface area contributed by atoms with Crippen molar-refractivity contribution >= 4 is 15.9 Å². The van der Waals surface area contributed by atoms with Crippen LogP contribution in [0.2, 0.25) is 0 Å². The summed E-state index contributed by atoms with van der Waals surface area (Å²) in [7, 11) is 0. The van der Waals surface area contributed by atoms with E-state index in [0.717, 1.165) is 25.0 Å². The molecule has 0 aromatic carbocycles. The molecule has 0 radical (unpaired) electrons. The quantitative estimate of drug-likeness (QED) is 0.495. The van der Waals surface area contributed by atoms with E-state index in [-0.39, 0.29) is 0 Å². The summed E-state index contributed by atoms with van der Waals surface area (Å²) in [5.41, 5.74) is 0.462. The fourth-order valence-electron chi connectivity index (χ4n) is 2.87. The molecule has 1 aliphatic carbocycles. The molecule has 0 amide bonds. The molecular formula is C16H31BrO. The van der Waals surface area contributed by atoms with E-state index in [1.54, 1.807) is 0 Å². The highest BCUT2D eigenvalue weighted by Crippen LogP contribution is 2.43. The Labute approximate surface area is 122 Å². The van der Waals surface area contributed by atoms with Crippen molar-refractivity contribution in [2.24, 2.45) is 23.2 Å². The predicted molar refractivity (Wildman–Crippen MR) is 83.3 cm³/mol. The first-order valence-electron chi connectivity index (χ1n) is 7.52. The van der Waals surface area contributed by atoms with Gasteiger partial charge in [-0.2, -0.15) is 0 Å². The van der Waals surface area contributed by atoms with Crippen LogP contribution in [0.5, 0.6) is 0 Å². The van der Waals surface area contributed by atoms with E-state index in [9.17, 15) is 0 Å². The standard InChI is InChI=1S/C16H31BrO/c1-12(2)11-18-9-8-13-10-14(16(3,4)5)6-7-15(13)17/h12-15H,6-11H2,1-5H3. The zero-order chi connectivity index (χ0) is 13.8. The Balaban J connectivity index is 2.34. The molecule has 0 aliphatic heterocycles. The lowest BCUT2D eigenvalue weighted by molar-refractivity contribution is 0.0788. The predicted octanol–water partition coefficient (Wildman–Crippen LogP) is 5.28. The van der Waals surface area contributed by atoms with Crippen LogP contribution in [-0.4, -0.2) is 18.0 Å². The molecule has 0 heterocycles. The molecule has 0 saturated heterocycles. The lowest BCUT2D eigenvalue weighted by atomic mass is 9.68. The van der Waals surface area contributed by atoms with Gasteiger partial charge in [0.05, 0.1) is 0 Å². The first kappa shape index (κ1) is 16.5. The van der Waals surface area contributed by atoms with Crippen molar-refractivity contribution in [3.8, 4) is 0 Å². The Morgan fingerprint density at radius 3 is 2.44 bits per heavy atom. The molecule has 0 spiro atoms. The smallest absolute Gasteiger partial charge is 0.0488 e. The van der Waals surface area contributed by atoms with Gasteiger partial charge >= 0.3 is 0 Å². The summed E-state index contributed by atoms with van der Waals surface area (Å²) in [5.74, 6) is 2.33. The van der Waals surface area contributed by atoms with Crippen LogP contribution < -0.4 is 0 Å². The second-order valence-corrected chi connectivity index (χ2v) is 8.59. The van der Waals surface area contributed by atoms with Crippen LogP contribution in [0, 0.1) is 23.2 Å². The zero-order valence-electron chi connectivity index (χ0n) is 12.8. The van der Waals surface area contributed by atoms with E-state index >= 15 is 0 Å². The van der Waals surface area contributed by atoms with Gasteiger partial charge in [-0.05, 0) is 48.9 Å². The first-order valence-corrected chi connectivity index (χ1v) is 8.44. The van der Waals surface area contributed by atoms with Crippen LogP contribution in [0.3, 0.4) is 0 Å². The summed E-state index contributed by atoms with van der Waals surface area (Å²) in [6.07, 6.45) is 5.29. The third-order valence-electron chi connectivity index (χ3n) is 4.20. The summed E-state index contributed by atoms with van der Waals surface area (Å²) in [5, 5.41) is 0. The largest absolute Gasteiger partial charge is 0.381 e. The zero-order valence-corrected chi connectivity index (χ0v) is 14.4. The van der Waals surface area contributed by atoms with Crippen LogP contribution in [0.1, 0.15) is 60.3 Å². The van der Waals surface area contributed by atoms with Gasteiger partial charge in [-0.3, -0.25) is 0 Å². The Morgan fingerprint density at radius 2 is 1.89 bits per heavy atom. The van der Waals surface area contributed by atoms with Crippen LogP contribution >= 0.6 is 15.9 Å². The molecule has 1 aliphatic rings. The maximum Gasteiger partial charge on any atom is 0.0488 e. The van der Waals surface area contributed by atoms with Crippen molar-refractivity contribution < 1.29 is 4.74 Å². The van der Waals surface area contributed by atoms with E-state index in [1.165, 1.54) is 25.7 Å². The van der Waals surface area contributed by atoms with Crippen molar-refractivity contribution in [3.63, 3.8) is 0 Å². The van der Waals surface area contributed by atoms with Gasteiger partial charge in [-0.15, -0.1) is 0 Å². The van der Waals surface area contributed by atoms with Gasteiger partial charge in [0.1, 0.15) is 0 Å². The molecule has 1 fully saturated rings. The Morgan fingerprint density at radius 1 is 1.22 bits per heavy atom. The van der Waals surface area contributed by atoms with Gasteiger partial charge in [0.15, 0.2) is 0 Å². The van der Waals surface area contributed by atoms with Gasteiger partial charge in [0.25, 0.3) is 0 Å². The van der Waals surface area contributed by atoms with Gasteiger partial charge in [0, 0.05) is 18.0 Å². The number of hydrogen-bond acceptors (Lipinski definition) is 1. The molecule has 18 heavy (non-hydrogen) atoms. The Hall–Kier alpha value is 0.440. The maximum atomic E-state index is 5.75. The van der Waals surface area contributed by atoms with Crippen molar-refractivity contribution in [1.29, 1.82) is 0 Å². The highest BCUT2D eigenvalue weighted by molar-refractivity contribution is 9.09. The molecule has 2 heteroatoms. The second-order valence-electron chi connectivity index (χ2n) is 7.41. The Kier molecular flexibility index (Phi) is 6.67. The summed E-state index contributed by atoms with van der Waals surface area (Å²) in [4.78, 5) is 0.707. The molecular weight excluding hydrogens is 288 g/mol. The fourth-order valence-corrected chi connectivity index (χ4v) is 3.61. The lowest BCUT2D eigenvalue weighted by Crippen LogP contribution is -2.32. The monoisotopic (exact) mass is 318 g/mol. The molecule has 1 rings (SSSR count). The fraction of sp³-hybridized carbons (Fsp3) is 1.00. The summed E-state index contributed by atoms with van der Waals surface area (Å²) >= 11 is 3.87. The van der Waals surface area contributed by atoms with Crippen LogP contribution in [0.25, 0.3) is 0 Å². The maximum absolute atomic E-state index is 5.75. The minimum absolute atomic E-state index is 0.462. The van der Waals surface area contributed by atoms with Gasteiger partial charge in [0.2, 0.25) is 0 Å². The summed E-state index contributed by atoms with van der Waals surface area (Å²) in [6, 6.07) is 0. The average Bonchev–Trinajstić information content (AvgIpc) is 2.24. The number of alkyl halides is 1. The van der Waals surface area contributed by atoms with Crippen LogP contribution in [0.15, 0.2) is 0 Å². The van der Waals surface area contributed by atoms with Crippen molar-refractivity contribution in [1.82, 2.24) is 0 Å².